The number of benzene rings is 1. The van der Waals surface area contributed by atoms with Gasteiger partial charge in [-0.1, -0.05) is 12.6 Å². The Morgan fingerprint density at radius 1 is 1.28 bits per heavy atom. The van der Waals surface area contributed by atoms with Crippen molar-refractivity contribution in [3.05, 3.63) is 61.1 Å². The highest BCUT2D eigenvalue weighted by atomic mass is 16.2. The number of pyridine rings is 1. The van der Waals surface area contributed by atoms with Gasteiger partial charge in [0.15, 0.2) is 11.5 Å². The van der Waals surface area contributed by atoms with Crippen molar-refractivity contribution in [2.24, 2.45) is 5.73 Å². The summed E-state index contributed by atoms with van der Waals surface area (Å²) in [5, 5.41) is 7.46. The van der Waals surface area contributed by atoms with Crippen LogP contribution in [0.2, 0.25) is 0 Å². The van der Waals surface area contributed by atoms with Crippen LogP contribution in [0.25, 0.3) is 10.9 Å². The van der Waals surface area contributed by atoms with Crippen molar-refractivity contribution in [1.82, 2.24) is 19.9 Å². The number of carbonyl (C=O) groups excluding carboxylic acids is 2. The number of hydrogen-bond acceptors (Lipinski definition) is 7. The number of aromatic nitrogens is 3. The molecule has 2 amide bonds. The number of nitrogens with zero attached hydrogens (tertiary/aromatic N) is 4. The van der Waals surface area contributed by atoms with Crippen LogP contribution in [0.15, 0.2) is 55.4 Å². The average molecular weight is 432 g/mol. The lowest BCUT2D eigenvalue weighted by Crippen LogP contribution is -2.51. The molecule has 2 aromatic heterocycles. The third kappa shape index (κ3) is 4.36. The molecule has 0 radical (unpaired) electrons. The van der Waals surface area contributed by atoms with Crippen LogP contribution in [-0.4, -0.2) is 50.3 Å². The van der Waals surface area contributed by atoms with Gasteiger partial charge in [-0.05, 0) is 50.1 Å². The van der Waals surface area contributed by atoms with Gasteiger partial charge in [0.1, 0.15) is 5.82 Å². The molecule has 2 atom stereocenters. The maximum Gasteiger partial charge on any atom is 0.271 e. The fourth-order valence-corrected chi connectivity index (χ4v) is 3.97. The van der Waals surface area contributed by atoms with Gasteiger partial charge in [-0.2, -0.15) is 0 Å². The number of nitrogens with two attached hydrogens (primary N) is 1. The second-order valence-electron chi connectivity index (χ2n) is 7.72. The molecule has 32 heavy (non-hydrogen) atoms. The largest absolute Gasteiger partial charge is 0.364 e. The zero-order valence-corrected chi connectivity index (χ0v) is 17.8. The molecule has 9 nitrogen and oxygen atoms in total. The fraction of sp³-hybridized carbons (Fsp3) is 0.261. The molecule has 9 heteroatoms. The van der Waals surface area contributed by atoms with Crippen molar-refractivity contribution in [1.29, 1.82) is 0 Å². The molecule has 1 saturated heterocycles. The topological polar surface area (TPSA) is 126 Å². The first-order valence-corrected chi connectivity index (χ1v) is 10.4. The lowest BCUT2D eigenvalue weighted by molar-refractivity contribution is -0.129. The summed E-state index contributed by atoms with van der Waals surface area (Å²) in [5.41, 5.74) is 7.15. The lowest BCUT2D eigenvalue weighted by Gasteiger charge is -2.39. The van der Waals surface area contributed by atoms with Crippen LogP contribution in [0, 0.1) is 0 Å². The average Bonchev–Trinajstić information content (AvgIpc) is 2.80. The van der Waals surface area contributed by atoms with E-state index in [9.17, 15) is 9.59 Å². The Bertz CT molecular complexity index is 1180. The number of nitrogens with one attached hydrogen (secondary N) is 2. The number of anilines is 3. The summed E-state index contributed by atoms with van der Waals surface area (Å²) >= 11 is 0. The molecule has 1 aliphatic rings. The van der Waals surface area contributed by atoms with E-state index in [1.807, 2.05) is 37.3 Å². The maximum atomic E-state index is 12.1. The molecule has 1 aromatic carbocycles. The van der Waals surface area contributed by atoms with Crippen LogP contribution >= 0.6 is 0 Å². The number of primary amides is 1. The highest BCUT2D eigenvalue weighted by Crippen LogP contribution is 2.25. The summed E-state index contributed by atoms with van der Waals surface area (Å²) in [4.78, 5) is 39.0. The van der Waals surface area contributed by atoms with Crippen LogP contribution in [0.1, 0.15) is 30.3 Å². The zero-order chi connectivity index (χ0) is 22.7. The normalized spacial score (nSPS) is 18.2. The van der Waals surface area contributed by atoms with Crippen molar-refractivity contribution >= 4 is 40.0 Å². The van der Waals surface area contributed by atoms with E-state index in [0.717, 1.165) is 29.4 Å². The smallest absolute Gasteiger partial charge is 0.271 e. The minimum absolute atomic E-state index is 0.0130. The SMILES string of the molecule is C=CC(=O)N1CCC[C@@H](Nc2cnc(C(N)=O)c(Nc3ccc4ncccc4c3)n2)[C@H]1C. The first-order valence-electron chi connectivity index (χ1n) is 10.4. The van der Waals surface area contributed by atoms with Crippen LogP contribution in [0.4, 0.5) is 17.3 Å². The minimum atomic E-state index is -0.678. The van der Waals surface area contributed by atoms with Crippen molar-refractivity contribution in [2.45, 2.75) is 31.8 Å². The van der Waals surface area contributed by atoms with Crippen molar-refractivity contribution < 1.29 is 9.59 Å². The third-order valence-electron chi connectivity index (χ3n) is 5.65. The first-order chi connectivity index (χ1) is 15.5. The monoisotopic (exact) mass is 431 g/mol. The maximum absolute atomic E-state index is 12.1. The van der Waals surface area contributed by atoms with E-state index in [1.165, 1.54) is 12.3 Å². The molecule has 4 rings (SSSR count). The van der Waals surface area contributed by atoms with Crippen molar-refractivity contribution in [2.75, 3.05) is 17.2 Å². The number of fused-ring (bicyclic) bond motifs is 1. The van der Waals surface area contributed by atoms with Gasteiger partial charge in [0.2, 0.25) is 5.91 Å². The molecule has 0 aliphatic carbocycles. The van der Waals surface area contributed by atoms with E-state index in [-0.39, 0.29) is 29.5 Å². The van der Waals surface area contributed by atoms with Gasteiger partial charge in [0.25, 0.3) is 5.91 Å². The molecule has 0 unspecified atom stereocenters. The fourth-order valence-electron chi connectivity index (χ4n) is 3.97. The van der Waals surface area contributed by atoms with Crippen LogP contribution in [0.5, 0.6) is 0 Å². The van der Waals surface area contributed by atoms with Crippen molar-refractivity contribution in [3.8, 4) is 0 Å². The molecule has 1 aliphatic heterocycles. The standard InChI is InChI=1S/C23H25N7O2/c1-3-20(31)30-11-5-7-17(14(30)2)28-19-13-26-21(22(24)32)23(29-19)27-16-8-9-18-15(12-16)6-4-10-25-18/h3-4,6,8-10,12-14,17H,1,5,7,11H2,2H3,(H2,24,32)(H2,27,28,29)/t14-,17-/m1/s1. The molecule has 0 bridgehead atoms. The molecule has 164 valence electrons. The summed E-state index contributed by atoms with van der Waals surface area (Å²) < 4.78 is 0. The van der Waals surface area contributed by atoms with Crippen LogP contribution < -0.4 is 16.4 Å². The number of rotatable bonds is 6. The Kier molecular flexibility index (Phi) is 5.98. The molecule has 1 fully saturated rings. The van der Waals surface area contributed by atoms with Gasteiger partial charge in [-0.25, -0.2) is 9.97 Å². The molecular formula is C23H25N7O2. The summed E-state index contributed by atoms with van der Waals surface area (Å²) in [6, 6.07) is 9.40. The Morgan fingerprint density at radius 2 is 2.12 bits per heavy atom. The van der Waals surface area contributed by atoms with Crippen molar-refractivity contribution in [3.63, 3.8) is 0 Å². The quantitative estimate of drug-likeness (QED) is 0.512. The van der Waals surface area contributed by atoms with Gasteiger partial charge < -0.3 is 21.3 Å². The van der Waals surface area contributed by atoms with E-state index in [1.54, 1.807) is 11.1 Å². The second kappa shape index (κ2) is 9.01. The van der Waals surface area contributed by atoms with Gasteiger partial charge in [0.05, 0.1) is 11.7 Å². The highest BCUT2D eigenvalue weighted by Gasteiger charge is 2.30. The number of piperidine rings is 1. The number of carbonyl (C=O) groups is 2. The van der Waals surface area contributed by atoms with E-state index in [4.69, 9.17) is 5.73 Å². The predicted octanol–water partition coefficient (Wildman–Crippen LogP) is 2.84. The van der Waals surface area contributed by atoms with E-state index in [0.29, 0.717) is 12.4 Å². The molecule has 3 heterocycles. The first kappa shape index (κ1) is 21.2. The van der Waals surface area contributed by atoms with E-state index < -0.39 is 5.91 Å². The number of amides is 2. The number of hydrogen-bond donors (Lipinski definition) is 3. The molecular weight excluding hydrogens is 406 g/mol. The van der Waals surface area contributed by atoms with E-state index in [2.05, 4.69) is 32.2 Å². The molecule has 3 aromatic rings. The number of likely N-dealkylation sites (tertiary alicyclic amines) is 1. The summed E-state index contributed by atoms with van der Waals surface area (Å²) in [6.45, 7) is 6.27. The summed E-state index contributed by atoms with van der Waals surface area (Å²) in [7, 11) is 0. The predicted molar refractivity (Wildman–Crippen MR) is 124 cm³/mol. The highest BCUT2D eigenvalue weighted by molar-refractivity contribution is 5.96. The second-order valence-corrected chi connectivity index (χ2v) is 7.72. The zero-order valence-electron chi connectivity index (χ0n) is 17.8. The van der Waals surface area contributed by atoms with Gasteiger partial charge in [0, 0.05) is 35.9 Å². The Labute approximate surface area is 185 Å². The third-order valence-corrected chi connectivity index (χ3v) is 5.65. The van der Waals surface area contributed by atoms with Gasteiger partial charge in [-0.3, -0.25) is 14.6 Å². The summed E-state index contributed by atoms with van der Waals surface area (Å²) in [5.74, 6) is -0.0203. The Hall–Kier alpha value is -4.01. The lowest BCUT2D eigenvalue weighted by atomic mass is 9.97. The van der Waals surface area contributed by atoms with Crippen LogP contribution in [0.3, 0.4) is 0 Å². The summed E-state index contributed by atoms with van der Waals surface area (Å²) in [6.07, 6.45) is 6.29. The molecule has 4 N–H and O–H groups in total. The Morgan fingerprint density at radius 3 is 2.91 bits per heavy atom. The minimum Gasteiger partial charge on any atom is -0.364 e. The van der Waals surface area contributed by atoms with Gasteiger partial charge >= 0.3 is 0 Å². The molecule has 0 spiro atoms. The van der Waals surface area contributed by atoms with Gasteiger partial charge in [-0.15, -0.1) is 0 Å². The Balaban J connectivity index is 1.59. The van der Waals surface area contributed by atoms with E-state index >= 15 is 0 Å². The molecule has 0 saturated carbocycles. The van der Waals surface area contributed by atoms with Crippen LogP contribution in [-0.2, 0) is 4.79 Å².